The highest BCUT2D eigenvalue weighted by Gasteiger charge is 2.18. The lowest BCUT2D eigenvalue weighted by atomic mass is 10.1. The summed E-state index contributed by atoms with van der Waals surface area (Å²) >= 11 is 3.36. The van der Waals surface area contributed by atoms with Crippen LogP contribution in [0.5, 0.6) is 0 Å². The number of hydrogen-bond donors (Lipinski definition) is 1. The number of nitrogens with zero attached hydrogens (tertiary/aromatic N) is 1. The zero-order chi connectivity index (χ0) is 15.6. The Kier molecular flexibility index (Phi) is 4.52. The van der Waals surface area contributed by atoms with Crippen molar-refractivity contribution >= 4 is 27.3 Å². The van der Waals surface area contributed by atoms with Gasteiger partial charge in [-0.3, -0.25) is 10.1 Å². The maximum absolute atomic E-state index is 13.6. The van der Waals surface area contributed by atoms with Crippen LogP contribution in [0.4, 0.5) is 20.2 Å². The summed E-state index contributed by atoms with van der Waals surface area (Å²) < 4.78 is 27.7. The molecule has 0 aromatic heterocycles. The fourth-order valence-corrected chi connectivity index (χ4v) is 2.44. The van der Waals surface area contributed by atoms with E-state index in [0.717, 1.165) is 16.1 Å². The number of hydrogen-bond acceptors (Lipinski definition) is 3. The molecule has 0 heterocycles. The molecule has 0 aliphatic heterocycles. The average Bonchev–Trinajstić information content (AvgIpc) is 2.39. The van der Waals surface area contributed by atoms with Gasteiger partial charge < -0.3 is 5.32 Å². The van der Waals surface area contributed by atoms with E-state index in [2.05, 4.69) is 21.2 Å². The van der Waals surface area contributed by atoms with Crippen LogP contribution in [-0.2, 0) is 6.54 Å². The van der Waals surface area contributed by atoms with Gasteiger partial charge in [-0.15, -0.1) is 0 Å². The molecule has 21 heavy (non-hydrogen) atoms. The van der Waals surface area contributed by atoms with Crippen LogP contribution in [0, 0.1) is 28.7 Å². The molecular formula is C14H11BrF2N2O2. The Morgan fingerprint density at radius 3 is 2.57 bits per heavy atom. The zero-order valence-corrected chi connectivity index (χ0v) is 12.6. The van der Waals surface area contributed by atoms with Crippen LogP contribution >= 0.6 is 15.9 Å². The molecule has 0 fully saturated rings. The van der Waals surface area contributed by atoms with Crippen LogP contribution in [0.3, 0.4) is 0 Å². The highest BCUT2D eigenvalue weighted by molar-refractivity contribution is 9.10. The van der Waals surface area contributed by atoms with Crippen molar-refractivity contribution in [3.63, 3.8) is 0 Å². The van der Waals surface area contributed by atoms with E-state index in [1.807, 2.05) is 19.1 Å². The van der Waals surface area contributed by atoms with E-state index < -0.39 is 22.2 Å². The predicted molar refractivity (Wildman–Crippen MR) is 79.2 cm³/mol. The summed E-state index contributed by atoms with van der Waals surface area (Å²) in [6.45, 7) is 1.94. The fraction of sp³-hybridized carbons (Fsp3) is 0.143. The minimum atomic E-state index is -1.18. The first-order valence-corrected chi connectivity index (χ1v) is 6.80. The van der Waals surface area contributed by atoms with E-state index in [1.165, 1.54) is 0 Å². The molecule has 0 radical (unpaired) electrons. The second kappa shape index (κ2) is 6.17. The molecule has 7 heteroatoms. The molecule has 0 atom stereocenters. The Labute approximate surface area is 128 Å². The van der Waals surface area contributed by atoms with Crippen LogP contribution in [0.15, 0.2) is 34.8 Å². The van der Waals surface area contributed by atoms with Crippen molar-refractivity contribution in [3.05, 3.63) is 67.7 Å². The molecule has 110 valence electrons. The molecule has 1 N–H and O–H groups in total. The zero-order valence-electron chi connectivity index (χ0n) is 11.0. The first-order valence-electron chi connectivity index (χ1n) is 6.01. The maximum Gasteiger partial charge on any atom is 0.305 e. The lowest BCUT2D eigenvalue weighted by Gasteiger charge is -2.10. The summed E-state index contributed by atoms with van der Waals surface area (Å²) in [7, 11) is 0. The SMILES string of the molecule is Cc1ccc(NCc2cc([N+](=O)[O-])c(F)cc2F)c(Br)c1. The number of nitrogens with one attached hydrogen (secondary N) is 1. The quantitative estimate of drug-likeness (QED) is 0.645. The summed E-state index contributed by atoms with van der Waals surface area (Å²) in [5, 5.41) is 13.6. The molecule has 0 aliphatic carbocycles. The van der Waals surface area contributed by atoms with Gasteiger partial charge in [-0.25, -0.2) is 4.39 Å². The fourth-order valence-electron chi connectivity index (χ4n) is 1.81. The molecule has 2 aromatic rings. The molecule has 0 spiro atoms. The molecule has 2 rings (SSSR count). The van der Waals surface area contributed by atoms with E-state index in [0.29, 0.717) is 11.8 Å². The van der Waals surface area contributed by atoms with Gasteiger partial charge in [0.05, 0.1) is 4.92 Å². The number of aryl methyl sites for hydroxylation is 1. The molecule has 4 nitrogen and oxygen atoms in total. The van der Waals surface area contributed by atoms with Gasteiger partial charge in [0.2, 0.25) is 5.82 Å². The standard InChI is InChI=1S/C14H11BrF2N2O2/c1-8-2-3-13(10(15)4-8)18-7-9-5-14(19(20)21)12(17)6-11(9)16/h2-6,18H,7H2,1H3. The minimum absolute atomic E-state index is 0.00855. The normalized spacial score (nSPS) is 10.5. The maximum atomic E-state index is 13.6. The van der Waals surface area contributed by atoms with Crippen LogP contribution in [-0.4, -0.2) is 4.92 Å². The summed E-state index contributed by atoms with van der Waals surface area (Å²) in [4.78, 5) is 9.79. The van der Waals surface area contributed by atoms with Gasteiger partial charge in [-0.1, -0.05) is 6.07 Å². The summed E-state index contributed by atoms with van der Waals surface area (Å²) in [5.41, 5.74) is 1.05. The van der Waals surface area contributed by atoms with Gasteiger partial charge in [0.1, 0.15) is 5.82 Å². The third-order valence-corrected chi connectivity index (χ3v) is 3.56. The number of benzene rings is 2. The number of anilines is 1. The number of rotatable bonds is 4. The number of nitro benzene ring substituents is 1. The summed E-state index contributed by atoms with van der Waals surface area (Å²) in [5.74, 6) is -2.01. The van der Waals surface area contributed by atoms with Gasteiger partial charge in [0.15, 0.2) is 0 Å². The first-order chi connectivity index (χ1) is 9.88. The van der Waals surface area contributed by atoms with Crippen molar-refractivity contribution in [2.24, 2.45) is 0 Å². The molecule has 0 bridgehead atoms. The Balaban J connectivity index is 2.23. The van der Waals surface area contributed by atoms with Crippen molar-refractivity contribution in [2.45, 2.75) is 13.5 Å². The lowest BCUT2D eigenvalue weighted by molar-refractivity contribution is -0.387. The third kappa shape index (κ3) is 3.55. The molecule has 0 saturated heterocycles. The minimum Gasteiger partial charge on any atom is -0.380 e. The van der Waals surface area contributed by atoms with Crippen molar-refractivity contribution in [1.82, 2.24) is 0 Å². The third-order valence-electron chi connectivity index (χ3n) is 2.91. The van der Waals surface area contributed by atoms with Crippen LogP contribution in [0.1, 0.15) is 11.1 Å². The van der Waals surface area contributed by atoms with Gasteiger partial charge in [0.25, 0.3) is 0 Å². The Bertz CT molecular complexity index is 708. The molecule has 0 amide bonds. The Morgan fingerprint density at radius 2 is 1.95 bits per heavy atom. The van der Waals surface area contributed by atoms with Gasteiger partial charge in [-0.05, 0) is 40.5 Å². The monoisotopic (exact) mass is 356 g/mol. The van der Waals surface area contributed by atoms with Gasteiger partial charge in [0, 0.05) is 34.4 Å². The predicted octanol–water partition coefficient (Wildman–Crippen LogP) is 4.56. The van der Waals surface area contributed by atoms with Crippen molar-refractivity contribution in [1.29, 1.82) is 0 Å². The first kappa shape index (κ1) is 15.4. The molecule has 2 aromatic carbocycles. The van der Waals surface area contributed by atoms with Crippen molar-refractivity contribution < 1.29 is 13.7 Å². The summed E-state index contributed by atoms with van der Waals surface area (Å²) in [6, 6.07) is 6.98. The second-order valence-electron chi connectivity index (χ2n) is 4.49. The van der Waals surface area contributed by atoms with Crippen molar-refractivity contribution in [3.8, 4) is 0 Å². The molecule has 0 saturated carbocycles. The van der Waals surface area contributed by atoms with E-state index in [1.54, 1.807) is 6.07 Å². The van der Waals surface area contributed by atoms with Crippen LogP contribution < -0.4 is 5.32 Å². The van der Waals surface area contributed by atoms with Crippen LogP contribution in [0.2, 0.25) is 0 Å². The topological polar surface area (TPSA) is 55.2 Å². The van der Waals surface area contributed by atoms with Gasteiger partial charge in [-0.2, -0.15) is 4.39 Å². The molecule has 0 unspecified atom stereocenters. The highest BCUT2D eigenvalue weighted by Crippen LogP contribution is 2.26. The van der Waals surface area contributed by atoms with E-state index in [9.17, 15) is 18.9 Å². The van der Waals surface area contributed by atoms with Gasteiger partial charge >= 0.3 is 5.69 Å². The summed E-state index contributed by atoms with van der Waals surface area (Å²) in [6.07, 6.45) is 0. The van der Waals surface area contributed by atoms with Crippen molar-refractivity contribution in [2.75, 3.05) is 5.32 Å². The Morgan fingerprint density at radius 1 is 1.24 bits per heavy atom. The lowest BCUT2D eigenvalue weighted by Crippen LogP contribution is -2.05. The highest BCUT2D eigenvalue weighted by atomic mass is 79.9. The molecule has 0 aliphatic rings. The molecular weight excluding hydrogens is 346 g/mol. The smallest absolute Gasteiger partial charge is 0.305 e. The Hall–Kier alpha value is -2.02. The van der Waals surface area contributed by atoms with Crippen LogP contribution in [0.25, 0.3) is 0 Å². The average molecular weight is 357 g/mol. The largest absolute Gasteiger partial charge is 0.380 e. The number of halogens is 3. The number of nitro groups is 1. The second-order valence-corrected chi connectivity index (χ2v) is 5.34. The van der Waals surface area contributed by atoms with E-state index in [4.69, 9.17) is 0 Å². The van der Waals surface area contributed by atoms with E-state index in [-0.39, 0.29) is 12.1 Å². The van der Waals surface area contributed by atoms with E-state index >= 15 is 0 Å².